The van der Waals surface area contributed by atoms with E-state index in [1.807, 2.05) is 43.5 Å². The number of nitrogens with zero attached hydrogens (tertiary/aromatic N) is 1. The summed E-state index contributed by atoms with van der Waals surface area (Å²) in [5.41, 5.74) is 0. The third kappa shape index (κ3) is 11.2. The van der Waals surface area contributed by atoms with Crippen LogP contribution in [0.5, 0.6) is 0 Å². The molecule has 0 saturated heterocycles. The van der Waals surface area contributed by atoms with Gasteiger partial charge in [0.2, 0.25) is 0 Å². The summed E-state index contributed by atoms with van der Waals surface area (Å²) in [5, 5.41) is 0. The van der Waals surface area contributed by atoms with Gasteiger partial charge in [0.05, 0.1) is 0 Å². The first kappa shape index (κ1) is 30.6. The zero-order valence-corrected chi connectivity index (χ0v) is 25.2. The molecule has 0 aromatic rings. The van der Waals surface area contributed by atoms with Crippen molar-refractivity contribution >= 4 is 61.2 Å². The molecular formula is C18H41NO6S4Si2. The molecule has 0 atom stereocenters. The number of hydrogen-bond acceptors (Lipinski definition) is 11. The van der Waals surface area contributed by atoms with Crippen LogP contribution >= 0.6 is 43.5 Å². The van der Waals surface area contributed by atoms with E-state index in [0.29, 0.717) is 6.04 Å². The van der Waals surface area contributed by atoms with Gasteiger partial charge in [0, 0.05) is 94.3 Å². The summed E-state index contributed by atoms with van der Waals surface area (Å²) in [6.45, 7) is 0. The van der Waals surface area contributed by atoms with E-state index in [2.05, 4.69) is 3.71 Å². The van der Waals surface area contributed by atoms with Crippen LogP contribution in [0.15, 0.2) is 0 Å². The highest BCUT2D eigenvalue weighted by atomic mass is 33.1. The van der Waals surface area contributed by atoms with Crippen LogP contribution < -0.4 is 0 Å². The number of hydrogen-bond donors (Lipinski definition) is 0. The Labute approximate surface area is 207 Å². The zero-order chi connectivity index (χ0) is 23.0. The third-order valence-corrected chi connectivity index (χ3v) is 16.7. The molecule has 0 radical (unpaired) electrons. The lowest BCUT2D eigenvalue weighted by Gasteiger charge is -2.31. The molecule has 13 heteroatoms. The predicted octanol–water partition coefficient (Wildman–Crippen LogP) is 5.75. The summed E-state index contributed by atoms with van der Waals surface area (Å²) in [4.78, 5) is 0. The maximum atomic E-state index is 5.52. The average molecular weight is 552 g/mol. The monoisotopic (exact) mass is 551 g/mol. The van der Waals surface area contributed by atoms with E-state index in [1.165, 1.54) is 32.1 Å². The molecule has 0 aromatic carbocycles. The van der Waals surface area contributed by atoms with Crippen LogP contribution in [-0.2, 0) is 26.6 Å². The molecule has 1 aliphatic rings. The summed E-state index contributed by atoms with van der Waals surface area (Å²) < 4.78 is 35.6. The second-order valence-corrected chi connectivity index (χ2v) is 18.3. The molecule has 0 heterocycles. The van der Waals surface area contributed by atoms with E-state index in [-0.39, 0.29) is 0 Å². The standard InChI is InChI=1S/C18H41NO6S4Si2/c1-20-30(21-2,22-3)16-10-14-26-28-19(18-12-8-7-9-13-18)29-27-15-11-17-31(23-4,24-5)25-6/h18H,7-17H2,1-6H3. The lowest BCUT2D eigenvalue weighted by atomic mass is 9.96. The van der Waals surface area contributed by atoms with Gasteiger partial charge >= 0.3 is 17.6 Å². The van der Waals surface area contributed by atoms with Crippen molar-refractivity contribution in [2.45, 2.75) is 63.1 Å². The van der Waals surface area contributed by atoms with E-state index in [9.17, 15) is 0 Å². The normalized spacial score (nSPS) is 16.4. The van der Waals surface area contributed by atoms with Crippen LogP contribution in [0.25, 0.3) is 0 Å². The van der Waals surface area contributed by atoms with Gasteiger partial charge in [-0.3, -0.25) is 0 Å². The molecule has 0 aromatic heterocycles. The van der Waals surface area contributed by atoms with Gasteiger partial charge in [-0.15, -0.1) is 0 Å². The van der Waals surface area contributed by atoms with Gasteiger partial charge in [-0.25, -0.2) is 0 Å². The first-order chi connectivity index (χ1) is 15.0. The molecule has 0 bridgehead atoms. The van der Waals surface area contributed by atoms with Crippen LogP contribution in [0.1, 0.15) is 44.9 Å². The largest absolute Gasteiger partial charge is 0.500 e. The fraction of sp³-hybridized carbons (Fsp3) is 1.00. The molecule has 0 aliphatic heterocycles. The van der Waals surface area contributed by atoms with E-state index in [0.717, 1.165) is 36.4 Å². The molecule has 7 nitrogen and oxygen atoms in total. The van der Waals surface area contributed by atoms with Crippen molar-refractivity contribution in [1.82, 2.24) is 3.71 Å². The van der Waals surface area contributed by atoms with Crippen molar-refractivity contribution in [2.75, 3.05) is 54.2 Å². The Morgan fingerprint density at radius 2 is 1.03 bits per heavy atom. The maximum absolute atomic E-state index is 5.52. The van der Waals surface area contributed by atoms with Gasteiger partial charge in [-0.05, 0) is 25.7 Å². The molecule has 0 N–H and O–H groups in total. The lowest BCUT2D eigenvalue weighted by Crippen LogP contribution is -2.42. The fourth-order valence-corrected chi connectivity index (χ4v) is 13.2. The predicted molar refractivity (Wildman–Crippen MR) is 141 cm³/mol. The Bertz CT molecular complexity index is 401. The van der Waals surface area contributed by atoms with Crippen LogP contribution in [-0.4, -0.2) is 81.5 Å². The molecule has 1 aliphatic carbocycles. The Morgan fingerprint density at radius 3 is 1.39 bits per heavy atom. The average Bonchev–Trinajstić information content (AvgIpc) is 2.83. The minimum Gasteiger partial charge on any atom is -0.377 e. The van der Waals surface area contributed by atoms with E-state index < -0.39 is 17.6 Å². The maximum Gasteiger partial charge on any atom is 0.500 e. The van der Waals surface area contributed by atoms with Crippen LogP contribution in [0, 0.1) is 0 Å². The Kier molecular flexibility index (Phi) is 17.7. The highest BCUT2D eigenvalue weighted by Gasteiger charge is 2.37. The van der Waals surface area contributed by atoms with Crippen molar-refractivity contribution in [2.24, 2.45) is 0 Å². The first-order valence-electron chi connectivity index (χ1n) is 10.7. The molecule has 1 rings (SSSR count). The van der Waals surface area contributed by atoms with Gasteiger partial charge < -0.3 is 26.6 Å². The van der Waals surface area contributed by atoms with Crippen molar-refractivity contribution in [3.63, 3.8) is 0 Å². The molecule has 0 unspecified atom stereocenters. The summed E-state index contributed by atoms with van der Waals surface area (Å²) in [7, 11) is 12.8. The van der Waals surface area contributed by atoms with Gasteiger partial charge in [0.1, 0.15) is 0 Å². The first-order valence-corrected chi connectivity index (χ1v) is 19.1. The lowest BCUT2D eigenvalue weighted by molar-refractivity contribution is 0.123. The van der Waals surface area contributed by atoms with E-state index in [4.69, 9.17) is 26.6 Å². The smallest absolute Gasteiger partial charge is 0.377 e. The van der Waals surface area contributed by atoms with Crippen LogP contribution in [0.2, 0.25) is 12.1 Å². The quantitative estimate of drug-likeness (QED) is 0.0853. The molecular weight excluding hydrogens is 511 g/mol. The van der Waals surface area contributed by atoms with Crippen molar-refractivity contribution in [3.8, 4) is 0 Å². The zero-order valence-electron chi connectivity index (χ0n) is 19.9. The van der Waals surface area contributed by atoms with Crippen molar-refractivity contribution in [1.29, 1.82) is 0 Å². The van der Waals surface area contributed by atoms with Gasteiger partial charge in [-0.1, -0.05) is 40.9 Å². The van der Waals surface area contributed by atoms with Crippen LogP contribution in [0.3, 0.4) is 0 Å². The molecule has 1 fully saturated rings. The molecule has 31 heavy (non-hydrogen) atoms. The van der Waals surface area contributed by atoms with Crippen molar-refractivity contribution in [3.05, 3.63) is 0 Å². The van der Waals surface area contributed by atoms with E-state index in [1.54, 1.807) is 42.7 Å². The Balaban J connectivity index is 2.38. The van der Waals surface area contributed by atoms with E-state index >= 15 is 0 Å². The Morgan fingerprint density at radius 1 is 0.645 bits per heavy atom. The second kappa shape index (κ2) is 17.9. The van der Waals surface area contributed by atoms with Crippen LogP contribution in [0.4, 0.5) is 0 Å². The Hall–Kier alpha value is 1.55. The minimum absolute atomic E-state index is 0.652. The van der Waals surface area contributed by atoms with Gasteiger partial charge in [0.15, 0.2) is 0 Å². The molecule has 186 valence electrons. The summed E-state index contributed by atoms with van der Waals surface area (Å²) in [6, 6.07) is 2.35. The highest BCUT2D eigenvalue weighted by Crippen LogP contribution is 2.44. The number of rotatable bonds is 19. The highest BCUT2D eigenvalue weighted by molar-refractivity contribution is 8.83. The molecule has 1 saturated carbocycles. The fourth-order valence-electron chi connectivity index (χ4n) is 3.41. The summed E-state index contributed by atoms with van der Waals surface area (Å²) in [6.07, 6.45) is 8.68. The summed E-state index contributed by atoms with van der Waals surface area (Å²) >= 11 is 0. The minimum atomic E-state index is -2.46. The van der Waals surface area contributed by atoms with Gasteiger partial charge in [-0.2, -0.15) is 3.71 Å². The molecule has 0 spiro atoms. The van der Waals surface area contributed by atoms with Gasteiger partial charge in [0.25, 0.3) is 0 Å². The SMILES string of the molecule is CO[Si](CCCSSN(SSCCC[Si](OC)(OC)OC)C1CCCCC1)(OC)OC. The third-order valence-electron chi connectivity index (χ3n) is 5.41. The summed E-state index contributed by atoms with van der Waals surface area (Å²) in [5.74, 6) is 2.10. The molecule has 0 amide bonds. The topological polar surface area (TPSA) is 58.6 Å². The second-order valence-electron chi connectivity index (χ2n) is 7.17. The van der Waals surface area contributed by atoms with Crippen molar-refractivity contribution < 1.29 is 26.6 Å².